The third-order valence-electron chi connectivity index (χ3n) is 5.78. The molecule has 7 nitrogen and oxygen atoms in total. The highest BCUT2D eigenvalue weighted by molar-refractivity contribution is 8.00. The fourth-order valence-corrected chi connectivity index (χ4v) is 6.30. The van der Waals surface area contributed by atoms with E-state index in [0.29, 0.717) is 29.5 Å². The molecule has 5 rings (SSSR count). The standard InChI is InChI=1S/C24H24N2O5S2/c1-13-9-14-10-17-18(31-8-7-30-17)11-16(14)25-22(13)32-12-20(27)26-23-21(24(28)29-2)15-5-3-4-6-19(15)33-23/h9-11H,3-8,12H2,1-2H3,(H,26,27). The van der Waals surface area contributed by atoms with Crippen LogP contribution in [0.3, 0.4) is 0 Å². The predicted molar refractivity (Wildman–Crippen MR) is 129 cm³/mol. The van der Waals surface area contributed by atoms with Crippen molar-refractivity contribution in [1.29, 1.82) is 0 Å². The van der Waals surface area contributed by atoms with Gasteiger partial charge in [0.15, 0.2) is 11.5 Å². The van der Waals surface area contributed by atoms with E-state index in [0.717, 1.165) is 58.5 Å². The molecule has 0 bridgehead atoms. The van der Waals surface area contributed by atoms with Crippen LogP contribution in [0.25, 0.3) is 10.9 Å². The molecule has 9 heteroatoms. The lowest BCUT2D eigenvalue weighted by atomic mass is 9.95. The van der Waals surface area contributed by atoms with Gasteiger partial charge < -0.3 is 19.5 Å². The van der Waals surface area contributed by atoms with Crippen molar-refractivity contribution in [2.45, 2.75) is 37.6 Å². The molecule has 3 heterocycles. The zero-order valence-corrected chi connectivity index (χ0v) is 20.1. The Morgan fingerprint density at radius 1 is 1.15 bits per heavy atom. The van der Waals surface area contributed by atoms with E-state index < -0.39 is 0 Å². The number of carbonyl (C=O) groups is 2. The molecule has 1 amide bonds. The summed E-state index contributed by atoms with van der Waals surface area (Å²) in [4.78, 5) is 31.1. The van der Waals surface area contributed by atoms with Gasteiger partial charge in [-0.25, -0.2) is 9.78 Å². The van der Waals surface area contributed by atoms with Crippen molar-refractivity contribution in [3.8, 4) is 11.5 Å². The van der Waals surface area contributed by atoms with Gasteiger partial charge >= 0.3 is 5.97 Å². The number of rotatable bonds is 5. The van der Waals surface area contributed by atoms with E-state index in [2.05, 4.69) is 5.32 Å². The normalized spacial score (nSPS) is 14.6. The molecule has 0 fully saturated rings. The summed E-state index contributed by atoms with van der Waals surface area (Å²) in [5, 5.41) is 5.29. The monoisotopic (exact) mass is 484 g/mol. The van der Waals surface area contributed by atoms with Crippen LogP contribution in [0.15, 0.2) is 23.2 Å². The summed E-state index contributed by atoms with van der Waals surface area (Å²) < 4.78 is 16.3. The first-order chi connectivity index (χ1) is 16.0. The molecule has 0 radical (unpaired) electrons. The summed E-state index contributed by atoms with van der Waals surface area (Å²) in [6, 6.07) is 5.87. The van der Waals surface area contributed by atoms with Gasteiger partial charge in [0.05, 0.1) is 23.9 Å². The molecule has 2 aromatic heterocycles. The van der Waals surface area contributed by atoms with Gasteiger partial charge in [0.1, 0.15) is 23.2 Å². The quantitative estimate of drug-likeness (QED) is 0.412. The number of fused-ring (bicyclic) bond motifs is 3. The second-order valence-corrected chi connectivity index (χ2v) is 10.1. The van der Waals surface area contributed by atoms with Crippen LogP contribution in [0.4, 0.5) is 5.00 Å². The summed E-state index contributed by atoms with van der Waals surface area (Å²) in [6.45, 7) is 3.04. The summed E-state index contributed by atoms with van der Waals surface area (Å²) in [7, 11) is 1.37. The maximum absolute atomic E-state index is 12.8. The highest BCUT2D eigenvalue weighted by Crippen LogP contribution is 2.39. The van der Waals surface area contributed by atoms with E-state index in [1.165, 1.54) is 35.1 Å². The fraction of sp³-hybridized carbons (Fsp3) is 0.375. The van der Waals surface area contributed by atoms with Crippen LogP contribution in [0, 0.1) is 6.92 Å². The number of thiophene rings is 1. The van der Waals surface area contributed by atoms with Crippen molar-refractivity contribution in [3.05, 3.63) is 39.8 Å². The molecule has 0 spiro atoms. The number of esters is 1. The van der Waals surface area contributed by atoms with Gasteiger partial charge in [0, 0.05) is 16.3 Å². The van der Waals surface area contributed by atoms with Crippen LogP contribution in [-0.4, -0.2) is 42.9 Å². The number of hydrogen-bond donors (Lipinski definition) is 1. The molecular weight excluding hydrogens is 460 g/mol. The van der Waals surface area contributed by atoms with Gasteiger partial charge in [-0.3, -0.25) is 4.79 Å². The van der Waals surface area contributed by atoms with Crippen molar-refractivity contribution in [3.63, 3.8) is 0 Å². The number of thioether (sulfide) groups is 1. The maximum atomic E-state index is 12.8. The van der Waals surface area contributed by atoms with E-state index in [1.807, 2.05) is 25.1 Å². The lowest BCUT2D eigenvalue weighted by Gasteiger charge is -2.19. The Balaban J connectivity index is 1.33. The van der Waals surface area contributed by atoms with Gasteiger partial charge in [-0.05, 0) is 55.9 Å². The number of ether oxygens (including phenoxy) is 3. The fourth-order valence-electron chi connectivity index (χ4n) is 4.21. The summed E-state index contributed by atoms with van der Waals surface area (Å²) in [5.74, 6) is 1.05. The topological polar surface area (TPSA) is 86.8 Å². The first-order valence-corrected chi connectivity index (χ1v) is 12.7. The maximum Gasteiger partial charge on any atom is 0.341 e. The van der Waals surface area contributed by atoms with Crippen LogP contribution in [0.2, 0.25) is 0 Å². The van der Waals surface area contributed by atoms with Crippen molar-refractivity contribution < 1.29 is 23.8 Å². The number of aryl methyl sites for hydroxylation is 2. The largest absolute Gasteiger partial charge is 0.486 e. The van der Waals surface area contributed by atoms with Crippen LogP contribution < -0.4 is 14.8 Å². The Bertz CT molecular complexity index is 1250. The van der Waals surface area contributed by atoms with Crippen molar-refractivity contribution >= 4 is 50.9 Å². The van der Waals surface area contributed by atoms with Crippen molar-refractivity contribution in [2.24, 2.45) is 0 Å². The van der Waals surface area contributed by atoms with E-state index in [9.17, 15) is 9.59 Å². The van der Waals surface area contributed by atoms with Gasteiger partial charge in [0.25, 0.3) is 0 Å². The Morgan fingerprint density at radius 2 is 1.91 bits per heavy atom. The average Bonchev–Trinajstić information content (AvgIpc) is 3.18. The number of aromatic nitrogens is 1. The van der Waals surface area contributed by atoms with Gasteiger partial charge in [0.2, 0.25) is 5.91 Å². The number of hydrogen-bond acceptors (Lipinski definition) is 8. The van der Waals surface area contributed by atoms with Crippen LogP contribution in [0.5, 0.6) is 11.5 Å². The lowest BCUT2D eigenvalue weighted by Crippen LogP contribution is -2.16. The lowest BCUT2D eigenvalue weighted by molar-refractivity contribution is -0.113. The second kappa shape index (κ2) is 9.23. The van der Waals surface area contributed by atoms with Gasteiger partial charge in [-0.1, -0.05) is 11.8 Å². The molecule has 1 aliphatic carbocycles. The smallest absolute Gasteiger partial charge is 0.341 e. The highest BCUT2D eigenvalue weighted by atomic mass is 32.2. The molecule has 1 aromatic carbocycles. The highest BCUT2D eigenvalue weighted by Gasteiger charge is 2.27. The zero-order chi connectivity index (χ0) is 22.9. The molecule has 0 saturated carbocycles. The van der Waals surface area contributed by atoms with Crippen LogP contribution >= 0.6 is 23.1 Å². The second-order valence-electron chi connectivity index (χ2n) is 8.04. The number of benzene rings is 1. The Morgan fingerprint density at radius 3 is 2.70 bits per heavy atom. The van der Waals surface area contributed by atoms with Crippen LogP contribution in [-0.2, 0) is 22.4 Å². The first kappa shape index (κ1) is 22.0. The van der Waals surface area contributed by atoms with E-state index >= 15 is 0 Å². The molecule has 1 N–H and O–H groups in total. The number of pyridine rings is 1. The molecule has 1 aliphatic heterocycles. The van der Waals surface area contributed by atoms with E-state index in [1.54, 1.807) is 0 Å². The number of nitrogens with zero attached hydrogens (tertiary/aromatic N) is 1. The minimum absolute atomic E-state index is 0.174. The van der Waals surface area contributed by atoms with Crippen molar-refractivity contribution in [2.75, 3.05) is 31.4 Å². The SMILES string of the molecule is COC(=O)c1c(NC(=O)CSc2nc3cc4c(cc3cc2C)OCCO4)sc2c1CCCC2. The Kier molecular flexibility index (Phi) is 6.16. The summed E-state index contributed by atoms with van der Waals surface area (Å²) in [5.41, 5.74) is 3.33. The predicted octanol–water partition coefficient (Wildman–Crippen LogP) is 4.77. The molecular formula is C24H24N2O5S2. The Labute approximate surface area is 199 Å². The molecule has 3 aromatic rings. The third-order valence-corrected chi connectivity index (χ3v) is 8.08. The van der Waals surface area contributed by atoms with Crippen LogP contribution in [0.1, 0.15) is 39.2 Å². The number of anilines is 1. The number of carbonyl (C=O) groups excluding carboxylic acids is 2. The molecule has 0 saturated heterocycles. The number of nitrogens with one attached hydrogen (secondary N) is 1. The summed E-state index contributed by atoms with van der Waals surface area (Å²) in [6.07, 6.45) is 3.93. The van der Waals surface area contributed by atoms with Gasteiger partial charge in [-0.15, -0.1) is 11.3 Å². The zero-order valence-electron chi connectivity index (χ0n) is 18.5. The average molecular weight is 485 g/mol. The molecule has 33 heavy (non-hydrogen) atoms. The molecule has 0 unspecified atom stereocenters. The minimum atomic E-state index is -0.390. The Hall–Kier alpha value is -2.78. The van der Waals surface area contributed by atoms with Gasteiger partial charge in [-0.2, -0.15) is 0 Å². The molecule has 172 valence electrons. The molecule has 2 aliphatic rings. The third kappa shape index (κ3) is 4.39. The molecule has 0 atom stereocenters. The first-order valence-electron chi connectivity index (χ1n) is 10.9. The number of methoxy groups -OCH3 is 1. The number of amides is 1. The van der Waals surface area contributed by atoms with E-state index in [4.69, 9.17) is 19.2 Å². The van der Waals surface area contributed by atoms with Crippen molar-refractivity contribution in [1.82, 2.24) is 4.98 Å². The van der Waals surface area contributed by atoms with E-state index in [-0.39, 0.29) is 17.6 Å². The summed E-state index contributed by atoms with van der Waals surface area (Å²) >= 11 is 2.87. The minimum Gasteiger partial charge on any atom is -0.486 e.